The maximum atomic E-state index is 12.0. The largest absolute Gasteiger partial charge is 0.497 e. The predicted molar refractivity (Wildman–Crippen MR) is 210 cm³/mol. The summed E-state index contributed by atoms with van der Waals surface area (Å²) in [6.45, 7) is 10.6. The van der Waals surface area contributed by atoms with E-state index in [-0.39, 0.29) is 0 Å². The fourth-order valence-electron chi connectivity index (χ4n) is 9.10. The van der Waals surface area contributed by atoms with Crippen LogP contribution in [0, 0.1) is 5.41 Å². The number of nitrogens with one attached hydrogen (secondary N) is 1. The Balaban J connectivity index is 0.947. The number of carbonyl (C=O) groups excluding carboxylic acids is 1. The Morgan fingerprint density at radius 3 is 2.51 bits per heavy atom. The number of anilines is 1. The fourth-order valence-corrected chi connectivity index (χ4v) is 9.10. The zero-order valence-electron chi connectivity index (χ0n) is 31.4. The van der Waals surface area contributed by atoms with Crippen molar-refractivity contribution in [1.29, 1.82) is 0 Å². The minimum atomic E-state index is 0.344. The number of benzene rings is 3. The lowest BCUT2D eigenvalue weighted by Gasteiger charge is -2.58. The van der Waals surface area contributed by atoms with Gasteiger partial charge in [-0.25, -0.2) is 4.98 Å². The van der Waals surface area contributed by atoms with Crippen LogP contribution in [0.4, 0.5) is 5.69 Å². The van der Waals surface area contributed by atoms with E-state index in [0.29, 0.717) is 40.5 Å². The van der Waals surface area contributed by atoms with Crippen molar-refractivity contribution < 1.29 is 19.0 Å². The summed E-state index contributed by atoms with van der Waals surface area (Å²) < 4.78 is 17.5. The third kappa shape index (κ3) is 7.12. The summed E-state index contributed by atoms with van der Waals surface area (Å²) in [5.41, 5.74) is 6.96. The SMILES string of the molecule is COc1ccc(CN2CCN(C3CC4(CCN(c5ccc(C=O)c(Oc6cnc7[nH]ccc7c6)c5)CC4)C3)C(c3ccccc3C(C)C)C2)c(OC)c1. The lowest BCUT2D eigenvalue weighted by Crippen LogP contribution is -2.60. The number of aromatic nitrogens is 2. The lowest BCUT2D eigenvalue weighted by atomic mass is 9.59. The minimum Gasteiger partial charge on any atom is -0.497 e. The van der Waals surface area contributed by atoms with Crippen molar-refractivity contribution in [1.82, 2.24) is 19.8 Å². The molecule has 0 radical (unpaired) electrons. The van der Waals surface area contributed by atoms with Crippen LogP contribution in [0.25, 0.3) is 11.0 Å². The van der Waals surface area contributed by atoms with E-state index in [2.05, 4.69) is 74.9 Å². The highest BCUT2D eigenvalue weighted by atomic mass is 16.5. The van der Waals surface area contributed by atoms with Gasteiger partial charge in [0.15, 0.2) is 6.29 Å². The number of fused-ring (bicyclic) bond motifs is 1. The van der Waals surface area contributed by atoms with Crippen LogP contribution >= 0.6 is 0 Å². The number of aromatic amines is 1. The summed E-state index contributed by atoms with van der Waals surface area (Å²) in [5, 5.41) is 0.970. The highest BCUT2D eigenvalue weighted by Crippen LogP contribution is 2.53. The Hall–Kier alpha value is -4.86. The summed E-state index contributed by atoms with van der Waals surface area (Å²) in [5.74, 6) is 3.35. The quantitative estimate of drug-likeness (QED) is 0.136. The number of piperazine rings is 1. The number of nitrogens with zero attached hydrogens (tertiary/aromatic N) is 4. The van der Waals surface area contributed by atoms with Gasteiger partial charge < -0.3 is 24.1 Å². The average Bonchev–Trinajstić information content (AvgIpc) is 3.65. The van der Waals surface area contributed by atoms with Gasteiger partial charge in [-0.3, -0.25) is 14.6 Å². The van der Waals surface area contributed by atoms with E-state index in [1.807, 2.05) is 42.6 Å². The summed E-state index contributed by atoms with van der Waals surface area (Å²) >= 11 is 0. The summed E-state index contributed by atoms with van der Waals surface area (Å²) in [4.78, 5) is 27.4. The molecule has 8 rings (SSSR count). The normalized spacial score (nSPS) is 19.4. The van der Waals surface area contributed by atoms with Gasteiger partial charge in [-0.05, 0) is 78.5 Å². The molecule has 2 saturated heterocycles. The smallest absolute Gasteiger partial charge is 0.153 e. The first-order valence-electron chi connectivity index (χ1n) is 19.1. The van der Waals surface area contributed by atoms with Crippen molar-refractivity contribution in [2.45, 2.75) is 64.1 Å². The number of carbonyl (C=O) groups is 1. The molecule has 9 nitrogen and oxygen atoms in total. The molecule has 0 bridgehead atoms. The molecule has 1 aliphatic carbocycles. The second-order valence-corrected chi connectivity index (χ2v) is 15.5. The molecule has 5 aromatic rings. The molecule has 3 fully saturated rings. The van der Waals surface area contributed by atoms with E-state index in [1.165, 1.54) is 42.4 Å². The predicted octanol–water partition coefficient (Wildman–Crippen LogP) is 8.62. The molecule has 1 saturated carbocycles. The molecule has 3 aromatic carbocycles. The molecule has 53 heavy (non-hydrogen) atoms. The molecule has 1 spiro atoms. The van der Waals surface area contributed by atoms with Gasteiger partial charge in [-0.1, -0.05) is 44.2 Å². The van der Waals surface area contributed by atoms with Crippen LogP contribution in [0.15, 0.2) is 85.2 Å². The summed E-state index contributed by atoms with van der Waals surface area (Å²) in [7, 11) is 3.44. The number of H-pyrrole nitrogens is 1. The number of hydrogen-bond acceptors (Lipinski definition) is 8. The van der Waals surface area contributed by atoms with E-state index < -0.39 is 0 Å². The van der Waals surface area contributed by atoms with Gasteiger partial charge in [0.1, 0.15) is 28.6 Å². The van der Waals surface area contributed by atoms with Crippen LogP contribution in [0.2, 0.25) is 0 Å². The summed E-state index contributed by atoms with van der Waals surface area (Å²) in [6, 6.07) is 26.1. The fraction of sp³-hybridized carbons (Fsp3) is 0.409. The van der Waals surface area contributed by atoms with Crippen LogP contribution < -0.4 is 19.1 Å². The standard InChI is InChI=1S/C44H51N5O4/c1-30(2)38-7-5-6-8-39(38)40-28-47(27-32-10-12-36(51-3)23-41(32)52-4)19-20-49(40)35-24-44(25-35)14-17-48(18-15-44)34-11-9-33(29-50)42(22-34)53-37-21-31-13-16-45-43(31)46-26-37/h5-13,16,21-23,26,29-30,35,40H,14-15,17-20,24-25,27-28H2,1-4H3,(H,45,46). The highest BCUT2D eigenvalue weighted by Gasteiger charge is 2.50. The van der Waals surface area contributed by atoms with Gasteiger partial charge in [0, 0.05) is 86.3 Å². The van der Waals surface area contributed by atoms with Gasteiger partial charge in [0.2, 0.25) is 0 Å². The zero-order valence-corrected chi connectivity index (χ0v) is 31.4. The van der Waals surface area contributed by atoms with E-state index in [0.717, 1.165) is 73.8 Å². The number of hydrogen-bond donors (Lipinski definition) is 1. The molecule has 0 amide bonds. The number of rotatable bonds is 11. The van der Waals surface area contributed by atoms with Gasteiger partial charge in [-0.2, -0.15) is 0 Å². The van der Waals surface area contributed by atoms with Gasteiger partial charge in [-0.15, -0.1) is 0 Å². The molecule has 4 heterocycles. The third-order valence-electron chi connectivity index (χ3n) is 12.1. The van der Waals surface area contributed by atoms with Crippen LogP contribution in [0.3, 0.4) is 0 Å². The molecular weight excluding hydrogens is 663 g/mol. The average molecular weight is 714 g/mol. The first kappa shape index (κ1) is 35.2. The molecule has 3 aliphatic rings. The second-order valence-electron chi connectivity index (χ2n) is 15.5. The van der Waals surface area contributed by atoms with Gasteiger partial charge in [0.05, 0.1) is 26.0 Å². The van der Waals surface area contributed by atoms with Crippen molar-refractivity contribution in [2.75, 3.05) is 51.8 Å². The van der Waals surface area contributed by atoms with Crippen LogP contribution in [-0.2, 0) is 6.54 Å². The van der Waals surface area contributed by atoms with E-state index >= 15 is 0 Å². The van der Waals surface area contributed by atoms with Crippen molar-refractivity contribution in [3.05, 3.63) is 107 Å². The van der Waals surface area contributed by atoms with Crippen molar-refractivity contribution >= 4 is 23.0 Å². The Morgan fingerprint density at radius 1 is 0.906 bits per heavy atom. The Morgan fingerprint density at radius 2 is 1.74 bits per heavy atom. The van der Waals surface area contributed by atoms with Crippen molar-refractivity contribution in [3.8, 4) is 23.0 Å². The first-order valence-corrected chi connectivity index (χ1v) is 19.1. The topological polar surface area (TPSA) is 83.2 Å². The van der Waals surface area contributed by atoms with E-state index in [4.69, 9.17) is 14.2 Å². The van der Waals surface area contributed by atoms with E-state index in [9.17, 15) is 4.79 Å². The Bertz CT molecular complexity index is 2060. The zero-order chi connectivity index (χ0) is 36.5. The number of aldehydes is 1. The molecule has 1 N–H and O–H groups in total. The molecule has 9 heteroatoms. The van der Waals surface area contributed by atoms with Gasteiger partial charge >= 0.3 is 0 Å². The lowest BCUT2D eigenvalue weighted by molar-refractivity contribution is -0.0628. The Kier molecular flexibility index (Phi) is 9.87. The monoisotopic (exact) mass is 713 g/mol. The molecular formula is C44H51N5O4. The molecule has 1 atom stereocenters. The molecule has 2 aromatic heterocycles. The third-order valence-corrected chi connectivity index (χ3v) is 12.1. The number of piperidine rings is 1. The second kappa shape index (κ2) is 14.9. The van der Waals surface area contributed by atoms with E-state index in [1.54, 1.807) is 20.4 Å². The van der Waals surface area contributed by atoms with Crippen molar-refractivity contribution in [2.24, 2.45) is 5.41 Å². The highest BCUT2D eigenvalue weighted by molar-refractivity contribution is 5.81. The van der Waals surface area contributed by atoms with Crippen LogP contribution in [-0.4, -0.2) is 79.0 Å². The number of methoxy groups -OCH3 is 2. The maximum absolute atomic E-state index is 12.0. The Labute approximate surface area is 312 Å². The van der Waals surface area contributed by atoms with Crippen LogP contribution in [0.1, 0.15) is 78.5 Å². The molecule has 276 valence electrons. The molecule has 2 aliphatic heterocycles. The number of ether oxygens (including phenoxy) is 3. The number of pyridine rings is 1. The van der Waals surface area contributed by atoms with Gasteiger partial charge in [0.25, 0.3) is 0 Å². The molecule has 1 unspecified atom stereocenters. The first-order chi connectivity index (χ1) is 25.8. The maximum Gasteiger partial charge on any atom is 0.153 e. The van der Waals surface area contributed by atoms with Crippen LogP contribution in [0.5, 0.6) is 23.0 Å². The summed E-state index contributed by atoms with van der Waals surface area (Å²) in [6.07, 6.45) is 9.27. The minimum absolute atomic E-state index is 0.344. The van der Waals surface area contributed by atoms with Crippen molar-refractivity contribution in [3.63, 3.8) is 0 Å².